The van der Waals surface area contributed by atoms with Crippen molar-refractivity contribution in [1.82, 2.24) is 19.5 Å². The monoisotopic (exact) mass is 469 g/mol. The van der Waals surface area contributed by atoms with Crippen molar-refractivity contribution in [2.24, 2.45) is 0 Å². The molecule has 0 radical (unpaired) electrons. The Labute approximate surface area is 133 Å². The van der Waals surface area contributed by atoms with E-state index < -0.39 is 0 Å². The fourth-order valence-corrected chi connectivity index (χ4v) is 2.52. The first kappa shape index (κ1) is 14.0. The summed E-state index contributed by atoms with van der Waals surface area (Å²) in [6.07, 6.45) is 2.61. The zero-order valence-corrected chi connectivity index (χ0v) is 14.6. The van der Waals surface area contributed by atoms with Gasteiger partial charge in [-0.25, -0.2) is 15.0 Å². The molecule has 1 N–H and O–H groups in total. The lowest BCUT2D eigenvalue weighted by Gasteiger charge is -2.12. The van der Waals surface area contributed by atoms with Gasteiger partial charge in [-0.1, -0.05) is 6.92 Å². The molecule has 0 unspecified atom stereocenters. The maximum Gasteiger partial charge on any atom is 0.147 e. The first-order valence-corrected chi connectivity index (χ1v) is 7.68. The van der Waals surface area contributed by atoms with E-state index >= 15 is 0 Å². The molecular weight excluding hydrogens is 456 g/mol. The third-order valence-corrected chi connectivity index (χ3v) is 5.47. The Morgan fingerprint density at radius 3 is 2.56 bits per heavy atom. The first-order valence-electron chi connectivity index (χ1n) is 5.52. The lowest BCUT2D eigenvalue weighted by Crippen LogP contribution is -2.09. The van der Waals surface area contributed by atoms with Crippen LogP contribution in [-0.4, -0.2) is 26.6 Å². The molecule has 0 atom stereocenters. The van der Waals surface area contributed by atoms with Crippen molar-refractivity contribution in [2.45, 2.75) is 20.3 Å². The Morgan fingerprint density at radius 2 is 2.06 bits per heavy atom. The van der Waals surface area contributed by atoms with Crippen LogP contribution in [0, 0.1) is 14.3 Å². The van der Waals surface area contributed by atoms with Crippen molar-refractivity contribution < 1.29 is 0 Å². The molecular formula is C11H13I2N5. The highest BCUT2D eigenvalue weighted by Crippen LogP contribution is 2.23. The zero-order chi connectivity index (χ0) is 13.3. The van der Waals surface area contributed by atoms with Crippen LogP contribution in [0.3, 0.4) is 0 Å². The van der Waals surface area contributed by atoms with Crippen LogP contribution in [0.25, 0.3) is 5.82 Å². The molecule has 5 nitrogen and oxygen atoms in total. The van der Waals surface area contributed by atoms with E-state index in [1.165, 1.54) is 0 Å². The van der Waals surface area contributed by atoms with Crippen LogP contribution in [-0.2, 0) is 6.42 Å². The molecule has 0 bridgehead atoms. The van der Waals surface area contributed by atoms with Gasteiger partial charge < -0.3 is 5.32 Å². The van der Waals surface area contributed by atoms with Crippen molar-refractivity contribution in [1.29, 1.82) is 0 Å². The van der Waals surface area contributed by atoms with Crippen molar-refractivity contribution in [3.8, 4) is 5.82 Å². The van der Waals surface area contributed by atoms with Gasteiger partial charge in [0.05, 0.1) is 0 Å². The lowest BCUT2D eigenvalue weighted by atomic mass is 10.3. The Hall–Kier alpha value is -0.450. The minimum Gasteiger partial charge on any atom is -0.373 e. The van der Waals surface area contributed by atoms with E-state index in [9.17, 15) is 0 Å². The first-order chi connectivity index (χ1) is 8.58. The smallest absolute Gasteiger partial charge is 0.147 e. The Morgan fingerprint density at radius 1 is 1.33 bits per heavy atom. The predicted molar refractivity (Wildman–Crippen MR) is 88.2 cm³/mol. The van der Waals surface area contributed by atoms with E-state index in [1.54, 1.807) is 6.33 Å². The van der Waals surface area contributed by atoms with Crippen molar-refractivity contribution in [3.05, 3.63) is 25.1 Å². The molecule has 2 aromatic heterocycles. The number of hydrogen-bond donors (Lipinski definition) is 1. The van der Waals surface area contributed by atoms with Crippen molar-refractivity contribution in [3.63, 3.8) is 0 Å². The molecule has 18 heavy (non-hydrogen) atoms. The van der Waals surface area contributed by atoms with Gasteiger partial charge in [-0.15, -0.1) is 0 Å². The second kappa shape index (κ2) is 5.68. The summed E-state index contributed by atoms with van der Waals surface area (Å²) in [5, 5.41) is 3.12. The molecule has 0 fully saturated rings. The number of anilines is 1. The third-order valence-electron chi connectivity index (χ3n) is 2.62. The summed E-state index contributed by atoms with van der Waals surface area (Å²) in [5.74, 6) is 2.60. The summed E-state index contributed by atoms with van der Waals surface area (Å²) in [5.41, 5.74) is 1.03. The van der Waals surface area contributed by atoms with Gasteiger partial charge in [0.15, 0.2) is 0 Å². The van der Waals surface area contributed by atoms with Gasteiger partial charge in [-0.05, 0) is 52.1 Å². The number of nitrogens with one attached hydrogen (secondary N) is 1. The van der Waals surface area contributed by atoms with E-state index in [1.807, 2.05) is 18.5 Å². The molecule has 0 aliphatic carbocycles. The molecule has 7 heteroatoms. The second-order valence-electron chi connectivity index (χ2n) is 3.74. The number of aryl methyl sites for hydroxylation is 1. The molecule has 2 heterocycles. The number of hydrogen-bond acceptors (Lipinski definition) is 4. The fourth-order valence-electron chi connectivity index (χ4n) is 1.65. The number of halogens is 2. The van der Waals surface area contributed by atoms with Gasteiger partial charge in [-0.3, -0.25) is 4.57 Å². The highest BCUT2D eigenvalue weighted by molar-refractivity contribution is 14.1. The molecule has 2 aromatic rings. The van der Waals surface area contributed by atoms with Crippen LogP contribution >= 0.6 is 45.2 Å². The number of imidazole rings is 1. The van der Waals surface area contributed by atoms with Crippen LogP contribution in [0.15, 0.2) is 6.33 Å². The second-order valence-corrected chi connectivity index (χ2v) is 5.78. The molecule has 0 amide bonds. The number of aromatic nitrogens is 4. The van der Waals surface area contributed by atoms with E-state index in [4.69, 9.17) is 0 Å². The van der Waals surface area contributed by atoms with Crippen molar-refractivity contribution in [2.75, 3.05) is 12.4 Å². The normalized spacial score (nSPS) is 10.7. The van der Waals surface area contributed by atoms with Gasteiger partial charge in [0, 0.05) is 19.0 Å². The summed E-state index contributed by atoms with van der Waals surface area (Å²) in [6, 6.07) is 0. The maximum absolute atomic E-state index is 4.61. The molecule has 2 rings (SSSR count). The topological polar surface area (TPSA) is 55.6 Å². The number of rotatable bonds is 3. The van der Waals surface area contributed by atoms with Gasteiger partial charge in [0.2, 0.25) is 0 Å². The summed E-state index contributed by atoms with van der Waals surface area (Å²) in [4.78, 5) is 13.4. The molecule has 0 aliphatic rings. The van der Waals surface area contributed by atoms with E-state index in [-0.39, 0.29) is 0 Å². The molecule has 0 aromatic carbocycles. The van der Waals surface area contributed by atoms with Crippen LogP contribution < -0.4 is 5.32 Å². The van der Waals surface area contributed by atoms with E-state index in [0.717, 1.165) is 36.8 Å². The van der Waals surface area contributed by atoms with E-state index in [0.29, 0.717) is 0 Å². The summed E-state index contributed by atoms with van der Waals surface area (Å²) in [6.45, 7) is 4.07. The van der Waals surface area contributed by atoms with Crippen LogP contribution in [0.1, 0.15) is 18.3 Å². The largest absolute Gasteiger partial charge is 0.373 e. The SMILES string of the molecule is CCc1nc(NC)c(C)c(-n2cnc(I)c2I)n1. The molecule has 0 saturated heterocycles. The quantitative estimate of drug-likeness (QED) is 0.704. The highest BCUT2D eigenvalue weighted by Gasteiger charge is 2.14. The predicted octanol–water partition coefficient (Wildman–Crippen LogP) is 2.78. The molecule has 96 valence electrons. The Kier molecular flexibility index (Phi) is 4.41. The van der Waals surface area contributed by atoms with Gasteiger partial charge >= 0.3 is 0 Å². The minimum absolute atomic E-state index is 0.810. The van der Waals surface area contributed by atoms with Crippen molar-refractivity contribution >= 4 is 51.0 Å². The Balaban J connectivity index is 2.66. The lowest BCUT2D eigenvalue weighted by molar-refractivity contribution is 0.867. The van der Waals surface area contributed by atoms with Gasteiger partial charge in [-0.2, -0.15) is 0 Å². The standard InChI is InChI=1S/C11H13I2N5/c1-4-7-16-10(14-3)6(2)11(17-7)18-5-15-8(12)9(18)13/h5H,4H2,1-3H3,(H,14,16,17). The third kappa shape index (κ3) is 2.46. The van der Waals surface area contributed by atoms with Crippen LogP contribution in [0.5, 0.6) is 0 Å². The zero-order valence-electron chi connectivity index (χ0n) is 10.3. The van der Waals surface area contributed by atoms with Gasteiger partial charge in [0.25, 0.3) is 0 Å². The highest BCUT2D eigenvalue weighted by atomic mass is 127. The molecule has 0 aliphatic heterocycles. The van der Waals surface area contributed by atoms with E-state index in [2.05, 4.69) is 72.4 Å². The molecule has 0 saturated carbocycles. The number of nitrogens with zero attached hydrogens (tertiary/aromatic N) is 4. The fraction of sp³-hybridized carbons (Fsp3) is 0.364. The summed E-state index contributed by atoms with van der Waals surface area (Å²) < 4.78 is 4.05. The minimum atomic E-state index is 0.810. The van der Waals surface area contributed by atoms with Crippen LogP contribution in [0.2, 0.25) is 0 Å². The molecule has 0 spiro atoms. The van der Waals surface area contributed by atoms with Crippen LogP contribution in [0.4, 0.5) is 5.82 Å². The average Bonchev–Trinajstić information content (AvgIpc) is 2.70. The Bertz CT molecular complexity index is 579. The van der Waals surface area contributed by atoms with Gasteiger partial charge in [0.1, 0.15) is 31.2 Å². The average molecular weight is 469 g/mol. The maximum atomic E-state index is 4.61. The summed E-state index contributed by atoms with van der Waals surface area (Å²) >= 11 is 4.50. The summed E-state index contributed by atoms with van der Waals surface area (Å²) in [7, 11) is 1.88.